The number of thiophene rings is 1. The summed E-state index contributed by atoms with van der Waals surface area (Å²) in [6, 6.07) is 105. The summed E-state index contributed by atoms with van der Waals surface area (Å²) < 4.78 is 14.0. The van der Waals surface area contributed by atoms with Crippen molar-refractivity contribution in [2.45, 2.75) is 52.4 Å². The third kappa shape index (κ3) is 8.65. The van der Waals surface area contributed by atoms with Crippen LogP contribution in [0.5, 0.6) is 0 Å². The van der Waals surface area contributed by atoms with Gasteiger partial charge in [0.1, 0.15) is 11.2 Å². The quantitative estimate of drug-likeness (QED) is 0.149. The van der Waals surface area contributed by atoms with Crippen LogP contribution in [0.1, 0.15) is 52.7 Å². The molecular weight excluding hydrogens is 1220 g/mol. The molecule has 6 nitrogen and oxygen atoms in total. The van der Waals surface area contributed by atoms with Crippen molar-refractivity contribution in [1.82, 2.24) is 14.1 Å². The van der Waals surface area contributed by atoms with E-state index < -0.39 is 0 Å². The summed E-state index contributed by atoms with van der Waals surface area (Å²) in [6.07, 6.45) is 3.95. The fourth-order valence-electron chi connectivity index (χ4n) is 16.6. The zero-order valence-electron chi connectivity index (χ0n) is 55.8. The van der Waals surface area contributed by atoms with Crippen molar-refractivity contribution >= 4 is 154 Å². The second kappa shape index (κ2) is 21.4. The average Bonchev–Trinajstić information content (AvgIpc) is 0.760. The number of furan rings is 1. The molecule has 0 amide bonds. The molecule has 7 heterocycles. The summed E-state index contributed by atoms with van der Waals surface area (Å²) >= 11 is 1.88. The fraction of sp³-hybridized carbons (Fsp3) is 0.0879. The number of fused-ring (bicyclic) bond motifs is 17. The maximum Gasteiger partial charge on any atom is 0.252 e. The lowest BCUT2D eigenvalue weighted by Gasteiger charge is -2.45. The number of anilines is 6. The summed E-state index contributed by atoms with van der Waals surface area (Å²) in [5.74, 6) is 0. The third-order valence-corrected chi connectivity index (χ3v) is 22.5. The molecule has 0 atom stereocenters. The van der Waals surface area contributed by atoms with Gasteiger partial charge in [0.15, 0.2) is 0 Å². The molecule has 5 aromatic heterocycles. The maximum absolute atomic E-state index is 6.64. The molecule has 0 unspecified atom stereocenters. The number of benzene rings is 13. The van der Waals surface area contributed by atoms with Crippen LogP contribution in [0.2, 0.25) is 0 Å². The van der Waals surface area contributed by atoms with Gasteiger partial charge in [0.25, 0.3) is 6.71 Å². The van der Waals surface area contributed by atoms with Crippen molar-refractivity contribution in [2.75, 3.05) is 9.80 Å². The van der Waals surface area contributed by atoms with E-state index in [1.807, 2.05) is 23.7 Å². The Hall–Kier alpha value is -11.7. The van der Waals surface area contributed by atoms with Gasteiger partial charge in [-0.25, -0.2) is 0 Å². The Labute approximate surface area is 578 Å². The summed E-state index contributed by atoms with van der Waals surface area (Å²) in [5.41, 5.74) is 28.1. The van der Waals surface area contributed by atoms with Gasteiger partial charge in [0, 0.05) is 104 Å². The first kappa shape index (κ1) is 57.5. The minimum atomic E-state index is -0.228. The molecule has 0 bridgehead atoms. The summed E-state index contributed by atoms with van der Waals surface area (Å²) in [4.78, 5) is 10.1. The smallest absolute Gasteiger partial charge is 0.252 e. The minimum Gasteiger partial charge on any atom is -0.456 e. The SMILES string of the molecule is CC(C)(C)c1ccc(N2c3cc(-n4c5ccccc5c5ccccc54)ccc3B3c4ccc(-n5c6ccccc6c6ccncc65)cc4N(c4ccc(C(C)(C)C)cc4-c4ccccc4)c4cc(-c5cccc6c5sc5ccc7oc8ccccc8c7c56)cc2c43)c(-c2ccccc2)c1. The van der Waals surface area contributed by atoms with Crippen LogP contribution in [0.15, 0.2) is 296 Å². The van der Waals surface area contributed by atoms with Gasteiger partial charge in [-0.1, -0.05) is 217 Å². The largest absolute Gasteiger partial charge is 0.456 e. The molecule has 470 valence electrons. The number of para-hydroxylation sites is 4. The van der Waals surface area contributed by atoms with Crippen molar-refractivity contribution < 1.29 is 4.42 Å². The van der Waals surface area contributed by atoms with Crippen LogP contribution in [-0.2, 0) is 10.8 Å². The monoisotopic (exact) mass is 1290 g/mol. The predicted molar refractivity (Wildman–Crippen MR) is 421 cm³/mol. The van der Waals surface area contributed by atoms with Crippen LogP contribution < -0.4 is 26.2 Å². The van der Waals surface area contributed by atoms with Gasteiger partial charge in [0.05, 0.1) is 39.6 Å². The summed E-state index contributed by atoms with van der Waals surface area (Å²) in [7, 11) is 0. The number of pyridine rings is 1. The Morgan fingerprint density at radius 3 is 1.40 bits per heavy atom. The van der Waals surface area contributed by atoms with E-state index >= 15 is 0 Å². The van der Waals surface area contributed by atoms with Crippen molar-refractivity contribution in [3.63, 3.8) is 0 Å². The first-order chi connectivity index (χ1) is 48.4. The lowest BCUT2D eigenvalue weighted by Crippen LogP contribution is -2.61. The zero-order valence-corrected chi connectivity index (χ0v) is 56.7. The molecule has 20 rings (SSSR count). The molecule has 8 heteroatoms. The molecule has 2 aliphatic rings. The summed E-state index contributed by atoms with van der Waals surface area (Å²) in [5, 5.41) is 9.55. The Bertz CT molecular complexity index is 6020. The lowest BCUT2D eigenvalue weighted by atomic mass is 9.33. The van der Waals surface area contributed by atoms with Gasteiger partial charge >= 0.3 is 0 Å². The minimum absolute atomic E-state index is 0.134. The van der Waals surface area contributed by atoms with Crippen LogP contribution in [0.4, 0.5) is 34.1 Å². The molecule has 13 aromatic carbocycles. The van der Waals surface area contributed by atoms with E-state index in [2.05, 4.69) is 340 Å². The molecule has 0 radical (unpaired) electrons. The van der Waals surface area contributed by atoms with Crippen LogP contribution >= 0.6 is 11.3 Å². The third-order valence-electron chi connectivity index (χ3n) is 21.3. The standard InChI is InChI=1S/C91H66BN5OS/c1-90(2,3)58-36-42-76(69(50-58)55-22-9-7-10-23-55)96-78-52-60(94-73-32-17-13-26-63(73)64-27-14-18-33-74(64)94)38-40-71(78)92-72-41-39-61(95-75-34-19-15-28-65(75)66-46-47-93-54-82(66)95)53-79(72)97(77-43-37-59(91(4,5)6)51-70(77)56-24-11-8-12-25-56)81-49-57(48-80(96)88(81)92)62-30-21-31-68-87-85(99-89(62)68)45-44-84-86(87)67-29-16-20-35-83(67)98-84/h7-54H,1-6H3. The zero-order chi connectivity index (χ0) is 66.2. The molecule has 0 saturated carbocycles. The fourth-order valence-corrected chi connectivity index (χ4v) is 17.9. The Balaban J connectivity index is 0.956. The second-order valence-electron chi connectivity index (χ2n) is 29.0. The number of rotatable bonds is 7. The summed E-state index contributed by atoms with van der Waals surface area (Å²) in [6.45, 7) is 13.8. The van der Waals surface area contributed by atoms with Gasteiger partial charge in [-0.3, -0.25) is 4.98 Å². The Kier molecular flexibility index (Phi) is 12.4. The van der Waals surface area contributed by atoms with Crippen LogP contribution in [0.25, 0.3) is 130 Å². The van der Waals surface area contributed by atoms with Crippen molar-refractivity contribution in [3.05, 3.63) is 303 Å². The van der Waals surface area contributed by atoms with E-state index in [1.54, 1.807) is 0 Å². The van der Waals surface area contributed by atoms with E-state index in [1.165, 1.54) is 91.4 Å². The molecule has 99 heavy (non-hydrogen) atoms. The Morgan fingerprint density at radius 2 is 0.848 bits per heavy atom. The highest BCUT2D eigenvalue weighted by molar-refractivity contribution is 7.26. The van der Waals surface area contributed by atoms with Crippen molar-refractivity contribution in [1.29, 1.82) is 0 Å². The molecule has 0 spiro atoms. The van der Waals surface area contributed by atoms with E-state index in [4.69, 9.17) is 9.40 Å². The van der Waals surface area contributed by atoms with Crippen LogP contribution in [0, 0.1) is 0 Å². The highest BCUT2D eigenvalue weighted by atomic mass is 32.1. The highest BCUT2D eigenvalue weighted by Crippen LogP contribution is 2.54. The van der Waals surface area contributed by atoms with Gasteiger partial charge in [-0.05, 0) is 164 Å². The van der Waals surface area contributed by atoms with Crippen LogP contribution in [0.3, 0.4) is 0 Å². The van der Waals surface area contributed by atoms with E-state index in [9.17, 15) is 0 Å². The van der Waals surface area contributed by atoms with Gasteiger partial charge < -0.3 is 23.4 Å². The predicted octanol–water partition coefficient (Wildman–Crippen LogP) is 23.2. The topological polar surface area (TPSA) is 42.4 Å². The second-order valence-corrected chi connectivity index (χ2v) is 30.1. The molecule has 0 saturated heterocycles. The van der Waals surface area contributed by atoms with E-state index in [0.29, 0.717) is 0 Å². The molecule has 2 aliphatic heterocycles. The first-order valence-corrected chi connectivity index (χ1v) is 35.3. The van der Waals surface area contributed by atoms with Gasteiger partial charge in [-0.15, -0.1) is 11.3 Å². The molecular formula is C91H66BN5OS. The van der Waals surface area contributed by atoms with Crippen LogP contribution in [-0.4, -0.2) is 20.8 Å². The van der Waals surface area contributed by atoms with E-state index in [-0.39, 0.29) is 17.5 Å². The normalized spacial score (nSPS) is 13.1. The maximum atomic E-state index is 6.64. The number of aromatic nitrogens is 3. The average molecular weight is 1290 g/mol. The molecule has 18 aromatic rings. The van der Waals surface area contributed by atoms with Gasteiger partial charge in [-0.2, -0.15) is 0 Å². The van der Waals surface area contributed by atoms with E-state index in [0.717, 1.165) is 101 Å². The molecule has 0 fully saturated rings. The number of nitrogens with zero attached hydrogens (tertiary/aromatic N) is 5. The molecule has 0 N–H and O–H groups in total. The van der Waals surface area contributed by atoms with Crippen molar-refractivity contribution in [3.8, 4) is 44.8 Å². The lowest BCUT2D eigenvalue weighted by molar-refractivity contribution is 0.590. The number of hydrogen-bond donors (Lipinski definition) is 0. The van der Waals surface area contributed by atoms with Gasteiger partial charge in [0.2, 0.25) is 0 Å². The van der Waals surface area contributed by atoms with Crippen molar-refractivity contribution in [2.24, 2.45) is 0 Å². The number of hydrogen-bond acceptors (Lipinski definition) is 5. The highest BCUT2D eigenvalue weighted by Gasteiger charge is 2.45. The first-order valence-electron chi connectivity index (χ1n) is 34.4. The molecule has 0 aliphatic carbocycles. The Morgan fingerprint density at radius 1 is 0.354 bits per heavy atom.